The smallest absolute Gasteiger partial charge is 0.335 e. The minimum absolute atomic E-state index is 0.0775. The van der Waals surface area contributed by atoms with E-state index in [1.165, 1.54) is 6.07 Å². The minimum atomic E-state index is -0.947. The van der Waals surface area contributed by atoms with Crippen LogP contribution >= 0.6 is 0 Å². The van der Waals surface area contributed by atoms with Gasteiger partial charge in [-0.3, -0.25) is 0 Å². The van der Waals surface area contributed by atoms with Gasteiger partial charge in [0.05, 0.1) is 16.8 Å². The number of carbonyl (C=O) groups is 1. The van der Waals surface area contributed by atoms with E-state index in [0.29, 0.717) is 19.4 Å². The summed E-state index contributed by atoms with van der Waals surface area (Å²) in [4.78, 5) is 15.9. The average Bonchev–Trinajstić information content (AvgIpc) is 2.92. The molecular formula is C32H26FNO3. The first kappa shape index (κ1) is 24.2. The van der Waals surface area contributed by atoms with Gasteiger partial charge < -0.3 is 9.84 Å². The van der Waals surface area contributed by atoms with Gasteiger partial charge in [-0.25, -0.2) is 14.2 Å². The monoisotopic (exact) mass is 491 g/mol. The molecule has 0 amide bonds. The Hall–Kier alpha value is -4.51. The lowest BCUT2D eigenvalue weighted by Gasteiger charge is -2.19. The number of carboxylic acids is 1. The van der Waals surface area contributed by atoms with Crippen molar-refractivity contribution in [1.82, 2.24) is 4.98 Å². The van der Waals surface area contributed by atoms with Crippen molar-refractivity contribution < 1.29 is 19.0 Å². The summed E-state index contributed by atoms with van der Waals surface area (Å²) < 4.78 is 19.8. The van der Waals surface area contributed by atoms with Crippen LogP contribution in [0.25, 0.3) is 10.9 Å². The van der Waals surface area contributed by atoms with Crippen molar-refractivity contribution in [3.8, 4) is 5.75 Å². The molecule has 0 radical (unpaired) electrons. The zero-order valence-electron chi connectivity index (χ0n) is 20.2. The molecule has 0 aliphatic carbocycles. The van der Waals surface area contributed by atoms with Gasteiger partial charge in [0.2, 0.25) is 0 Å². The van der Waals surface area contributed by atoms with Crippen molar-refractivity contribution in [3.05, 3.63) is 143 Å². The number of rotatable bonds is 9. The van der Waals surface area contributed by atoms with Crippen LogP contribution in [0.3, 0.4) is 0 Å². The van der Waals surface area contributed by atoms with Gasteiger partial charge in [0.1, 0.15) is 18.2 Å². The Kier molecular flexibility index (Phi) is 7.22. The van der Waals surface area contributed by atoms with Gasteiger partial charge >= 0.3 is 5.97 Å². The molecule has 1 heterocycles. The summed E-state index contributed by atoms with van der Waals surface area (Å²) in [7, 11) is 0. The number of fused-ring (bicyclic) bond motifs is 1. The Morgan fingerprint density at radius 3 is 2.32 bits per heavy atom. The van der Waals surface area contributed by atoms with Crippen LogP contribution in [-0.2, 0) is 19.4 Å². The molecule has 0 aliphatic rings. The summed E-state index contributed by atoms with van der Waals surface area (Å²) in [5.74, 6) is -0.381. The fraction of sp³-hybridized carbons (Fsp3) is 0.125. The number of nitrogens with zero attached hydrogens (tertiary/aromatic N) is 1. The molecule has 5 rings (SSSR count). The number of aromatic carboxylic acids is 1. The van der Waals surface area contributed by atoms with Gasteiger partial charge in [-0.1, -0.05) is 60.7 Å². The van der Waals surface area contributed by atoms with E-state index in [-0.39, 0.29) is 17.3 Å². The molecule has 4 nitrogen and oxygen atoms in total. The number of benzene rings is 4. The third-order valence-corrected chi connectivity index (χ3v) is 6.45. The molecular weight excluding hydrogens is 465 g/mol. The van der Waals surface area contributed by atoms with Gasteiger partial charge in [0, 0.05) is 5.39 Å². The minimum Gasteiger partial charge on any atom is -0.487 e. The van der Waals surface area contributed by atoms with Crippen LogP contribution in [0.1, 0.15) is 38.7 Å². The van der Waals surface area contributed by atoms with E-state index in [4.69, 9.17) is 4.74 Å². The highest BCUT2D eigenvalue weighted by molar-refractivity contribution is 5.87. The van der Waals surface area contributed by atoms with Gasteiger partial charge in [-0.05, 0) is 84.0 Å². The first-order valence-corrected chi connectivity index (χ1v) is 12.2. The Morgan fingerprint density at radius 2 is 1.57 bits per heavy atom. The van der Waals surface area contributed by atoms with E-state index < -0.39 is 5.97 Å². The standard InChI is InChI=1S/C32H26FNO3/c33-28-6-3-4-23(20-28)19-27(18-22-8-10-26(11-9-22)32(35)36)24-13-16-30(17-14-24)37-21-29-15-12-25-5-1-2-7-31(25)34-29/h1-17,20,27H,18-19,21H2,(H,35,36). The molecule has 0 aliphatic heterocycles. The van der Waals surface area contributed by atoms with Crippen LogP contribution in [0.15, 0.2) is 109 Å². The summed E-state index contributed by atoms with van der Waals surface area (Å²) >= 11 is 0. The molecule has 0 bridgehead atoms. The van der Waals surface area contributed by atoms with Crippen molar-refractivity contribution in [3.63, 3.8) is 0 Å². The maximum Gasteiger partial charge on any atom is 0.335 e. The number of para-hydroxylation sites is 1. The molecule has 37 heavy (non-hydrogen) atoms. The molecule has 0 saturated heterocycles. The highest BCUT2D eigenvalue weighted by Gasteiger charge is 2.15. The summed E-state index contributed by atoms with van der Waals surface area (Å²) in [5, 5.41) is 10.3. The Bertz CT molecular complexity index is 1510. The second kappa shape index (κ2) is 11.0. The summed E-state index contributed by atoms with van der Waals surface area (Å²) in [6.45, 7) is 0.368. The van der Waals surface area contributed by atoms with Gasteiger partial charge in [-0.15, -0.1) is 0 Å². The maximum atomic E-state index is 13.9. The third kappa shape index (κ3) is 6.19. The van der Waals surface area contributed by atoms with Crippen molar-refractivity contribution in [2.45, 2.75) is 25.4 Å². The number of carboxylic acid groups (broad SMARTS) is 1. The van der Waals surface area contributed by atoms with Crippen LogP contribution in [0, 0.1) is 5.82 Å². The maximum absolute atomic E-state index is 13.9. The van der Waals surface area contributed by atoms with Crippen LogP contribution in [0.4, 0.5) is 4.39 Å². The molecule has 184 valence electrons. The number of ether oxygens (including phenoxy) is 1. The lowest BCUT2D eigenvalue weighted by Crippen LogP contribution is -2.08. The highest BCUT2D eigenvalue weighted by Crippen LogP contribution is 2.28. The summed E-state index contributed by atoms with van der Waals surface area (Å²) in [6, 6.07) is 33.6. The van der Waals surface area contributed by atoms with Crippen molar-refractivity contribution in [2.24, 2.45) is 0 Å². The molecule has 1 N–H and O–H groups in total. The molecule has 0 saturated carbocycles. The molecule has 5 heteroatoms. The highest BCUT2D eigenvalue weighted by atomic mass is 19.1. The predicted molar refractivity (Wildman–Crippen MR) is 142 cm³/mol. The topological polar surface area (TPSA) is 59.4 Å². The zero-order chi connectivity index (χ0) is 25.6. The van der Waals surface area contributed by atoms with Crippen molar-refractivity contribution in [2.75, 3.05) is 0 Å². The normalized spacial score (nSPS) is 11.8. The predicted octanol–water partition coefficient (Wildman–Crippen LogP) is 7.22. The second-order valence-electron chi connectivity index (χ2n) is 9.09. The SMILES string of the molecule is O=C(O)c1ccc(CC(Cc2cccc(F)c2)c2ccc(OCc3ccc4ccccc4n3)cc2)cc1. The van der Waals surface area contributed by atoms with Gasteiger partial charge in [0.15, 0.2) is 0 Å². The number of halogens is 1. The lowest BCUT2D eigenvalue weighted by molar-refractivity contribution is 0.0697. The van der Waals surface area contributed by atoms with Gasteiger partial charge in [-0.2, -0.15) is 0 Å². The molecule has 0 fully saturated rings. The number of hydrogen-bond acceptors (Lipinski definition) is 3. The van der Waals surface area contributed by atoms with Crippen LogP contribution in [0.5, 0.6) is 5.75 Å². The molecule has 1 aromatic heterocycles. The quantitative estimate of drug-likeness (QED) is 0.236. The molecule has 1 unspecified atom stereocenters. The van der Waals surface area contributed by atoms with Crippen LogP contribution in [-0.4, -0.2) is 16.1 Å². The summed E-state index contributed by atoms with van der Waals surface area (Å²) in [6.07, 6.45) is 1.34. The Labute approximate surface area is 215 Å². The summed E-state index contributed by atoms with van der Waals surface area (Å²) in [5.41, 5.74) is 5.09. The van der Waals surface area contributed by atoms with Crippen molar-refractivity contribution >= 4 is 16.9 Å². The third-order valence-electron chi connectivity index (χ3n) is 6.45. The van der Waals surface area contributed by atoms with E-state index >= 15 is 0 Å². The van der Waals surface area contributed by atoms with Crippen LogP contribution < -0.4 is 4.74 Å². The van der Waals surface area contributed by atoms with E-state index in [1.54, 1.807) is 24.3 Å². The lowest BCUT2D eigenvalue weighted by atomic mass is 9.86. The van der Waals surface area contributed by atoms with E-state index in [2.05, 4.69) is 4.98 Å². The van der Waals surface area contributed by atoms with Crippen LogP contribution in [0.2, 0.25) is 0 Å². The zero-order valence-corrected chi connectivity index (χ0v) is 20.2. The Morgan fingerprint density at radius 1 is 0.811 bits per heavy atom. The second-order valence-corrected chi connectivity index (χ2v) is 9.09. The fourth-order valence-corrected chi connectivity index (χ4v) is 4.51. The average molecular weight is 492 g/mol. The van der Waals surface area contributed by atoms with E-state index in [0.717, 1.165) is 39.0 Å². The number of pyridine rings is 1. The first-order chi connectivity index (χ1) is 18.0. The Balaban J connectivity index is 1.32. The van der Waals surface area contributed by atoms with Gasteiger partial charge in [0.25, 0.3) is 0 Å². The van der Waals surface area contributed by atoms with E-state index in [1.807, 2.05) is 78.9 Å². The molecule has 0 spiro atoms. The first-order valence-electron chi connectivity index (χ1n) is 12.2. The number of hydrogen-bond donors (Lipinski definition) is 1. The van der Waals surface area contributed by atoms with E-state index in [9.17, 15) is 14.3 Å². The van der Waals surface area contributed by atoms with Crippen molar-refractivity contribution in [1.29, 1.82) is 0 Å². The molecule has 5 aromatic rings. The molecule has 4 aromatic carbocycles. The fourth-order valence-electron chi connectivity index (χ4n) is 4.51. The number of aromatic nitrogens is 1. The largest absolute Gasteiger partial charge is 0.487 e. The molecule has 1 atom stereocenters.